The number of ether oxygens (including phenoxy) is 1. The van der Waals surface area contributed by atoms with Crippen LogP contribution in [0.15, 0.2) is 12.2 Å². The molecule has 19 heavy (non-hydrogen) atoms. The lowest BCUT2D eigenvalue weighted by molar-refractivity contribution is -0.139. The molecule has 0 aromatic carbocycles. The molecular weight excluding hydrogens is 248 g/mol. The van der Waals surface area contributed by atoms with E-state index in [1.54, 1.807) is 0 Å². The van der Waals surface area contributed by atoms with Crippen molar-refractivity contribution in [3.63, 3.8) is 0 Å². The van der Waals surface area contributed by atoms with E-state index >= 15 is 0 Å². The van der Waals surface area contributed by atoms with E-state index in [4.69, 9.17) is 9.84 Å². The summed E-state index contributed by atoms with van der Waals surface area (Å²) in [6.07, 6.45) is 6.84. The van der Waals surface area contributed by atoms with Crippen LogP contribution in [0.4, 0.5) is 4.79 Å². The number of amides is 2. The number of rotatable bonds is 7. The van der Waals surface area contributed by atoms with E-state index in [1.807, 2.05) is 0 Å². The molecule has 1 rings (SSSR count). The third-order valence-corrected chi connectivity index (χ3v) is 3.15. The monoisotopic (exact) mass is 270 g/mol. The average molecular weight is 270 g/mol. The van der Waals surface area contributed by atoms with Crippen molar-refractivity contribution in [3.8, 4) is 0 Å². The summed E-state index contributed by atoms with van der Waals surface area (Å²) >= 11 is 0. The molecule has 6 heteroatoms. The molecular formula is C13H22N2O4. The quantitative estimate of drug-likeness (QED) is 0.605. The van der Waals surface area contributed by atoms with Crippen molar-refractivity contribution in [2.75, 3.05) is 20.2 Å². The largest absolute Gasteiger partial charge is 0.481 e. The number of hydrogen-bond donors (Lipinski definition) is 3. The van der Waals surface area contributed by atoms with Crippen LogP contribution >= 0.6 is 0 Å². The van der Waals surface area contributed by atoms with Gasteiger partial charge in [-0.1, -0.05) is 12.2 Å². The molecule has 0 aromatic heterocycles. The van der Waals surface area contributed by atoms with Gasteiger partial charge in [0.2, 0.25) is 0 Å². The minimum absolute atomic E-state index is 0.121. The topological polar surface area (TPSA) is 87.7 Å². The van der Waals surface area contributed by atoms with Gasteiger partial charge in [0.15, 0.2) is 0 Å². The van der Waals surface area contributed by atoms with Gasteiger partial charge in [-0.3, -0.25) is 4.79 Å². The van der Waals surface area contributed by atoms with Gasteiger partial charge in [0.25, 0.3) is 0 Å². The highest BCUT2D eigenvalue weighted by Crippen LogP contribution is 2.16. The number of carboxylic acid groups (broad SMARTS) is 1. The van der Waals surface area contributed by atoms with Gasteiger partial charge in [-0.05, 0) is 25.2 Å². The number of carbonyl (C=O) groups is 2. The molecule has 0 bridgehead atoms. The molecule has 108 valence electrons. The number of nitrogens with one attached hydrogen (secondary N) is 2. The van der Waals surface area contributed by atoms with Crippen molar-refractivity contribution in [2.24, 2.45) is 5.92 Å². The Bertz CT molecular complexity index is 331. The van der Waals surface area contributed by atoms with Gasteiger partial charge in [0, 0.05) is 20.2 Å². The van der Waals surface area contributed by atoms with Crippen LogP contribution < -0.4 is 10.6 Å². The number of aliphatic carboxylic acids is 1. The predicted octanol–water partition coefficient (Wildman–Crippen LogP) is 1.13. The van der Waals surface area contributed by atoms with Gasteiger partial charge in [-0.25, -0.2) is 4.79 Å². The van der Waals surface area contributed by atoms with E-state index in [0.717, 1.165) is 19.3 Å². The normalized spacial score (nSPS) is 19.7. The highest BCUT2D eigenvalue weighted by Gasteiger charge is 2.14. The fourth-order valence-electron chi connectivity index (χ4n) is 1.98. The van der Waals surface area contributed by atoms with Crippen LogP contribution in [0.1, 0.15) is 25.7 Å². The third-order valence-electron chi connectivity index (χ3n) is 3.15. The molecule has 1 aliphatic carbocycles. The van der Waals surface area contributed by atoms with Gasteiger partial charge in [0.1, 0.15) is 0 Å². The molecule has 3 N–H and O–H groups in total. The molecule has 6 nitrogen and oxygen atoms in total. The highest BCUT2D eigenvalue weighted by atomic mass is 16.5. The molecule has 0 aliphatic heterocycles. The van der Waals surface area contributed by atoms with Crippen molar-refractivity contribution in [3.05, 3.63) is 12.2 Å². The number of urea groups is 1. The molecule has 0 saturated heterocycles. The number of hydrogen-bond acceptors (Lipinski definition) is 3. The molecule has 2 atom stereocenters. The van der Waals surface area contributed by atoms with Crippen molar-refractivity contribution in [2.45, 2.75) is 31.8 Å². The molecule has 2 amide bonds. The summed E-state index contributed by atoms with van der Waals surface area (Å²) in [5.41, 5.74) is 0. The lowest BCUT2D eigenvalue weighted by Crippen LogP contribution is -2.42. The molecule has 0 fully saturated rings. The molecule has 0 radical (unpaired) electrons. The Morgan fingerprint density at radius 1 is 1.42 bits per heavy atom. The first kappa shape index (κ1) is 15.5. The Morgan fingerprint density at radius 3 is 2.79 bits per heavy atom. The number of methoxy groups -OCH3 is 1. The first-order chi connectivity index (χ1) is 9.11. The minimum Gasteiger partial charge on any atom is -0.481 e. The van der Waals surface area contributed by atoms with Crippen LogP contribution in [0.5, 0.6) is 0 Å². The summed E-state index contributed by atoms with van der Waals surface area (Å²) in [7, 11) is 1.43. The van der Waals surface area contributed by atoms with E-state index < -0.39 is 12.1 Å². The van der Waals surface area contributed by atoms with Crippen molar-refractivity contribution in [1.29, 1.82) is 0 Å². The zero-order valence-corrected chi connectivity index (χ0v) is 11.2. The third kappa shape index (κ3) is 6.81. The fourth-order valence-corrected chi connectivity index (χ4v) is 1.98. The Kier molecular flexibility index (Phi) is 6.95. The maximum absolute atomic E-state index is 11.5. The zero-order valence-electron chi connectivity index (χ0n) is 11.2. The summed E-state index contributed by atoms with van der Waals surface area (Å²) < 4.78 is 4.97. The van der Waals surface area contributed by atoms with Crippen LogP contribution in [-0.4, -0.2) is 43.4 Å². The Morgan fingerprint density at radius 2 is 2.21 bits per heavy atom. The molecule has 1 aliphatic rings. The Labute approximate surface area is 113 Å². The Hall–Kier alpha value is -1.56. The number of carboxylic acids is 1. The van der Waals surface area contributed by atoms with Crippen LogP contribution in [-0.2, 0) is 9.53 Å². The van der Waals surface area contributed by atoms with E-state index in [-0.39, 0.29) is 19.0 Å². The highest BCUT2D eigenvalue weighted by molar-refractivity contribution is 5.74. The molecule has 0 saturated carbocycles. The maximum Gasteiger partial charge on any atom is 0.314 e. The number of carbonyl (C=O) groups excluding carboxylic acids is 1. The second-order valence-corrected chi connectivity index (χ2v) is 4.70. The summed E-state index contributed by atoms with van der Waals surface area (Å²) in [5.74, 6) is -0.448. The first-order valence-electron chi connectivity index (χ1n) is 6.53. The van der Waals surface area contributed by atoms with E-state index in [2.05, 4.69) is 22.8 Å². The first-order valence-corrected chi connectivity index (χ1v) is 6.53. The van der Waals surface area contributed by atoms with Gasteiger partial charge >= 0.3 is 12.0 Å². The number of allylic oxidation sites excluding steroid dienone is 2. The smallest absolute Gasteiger partial charge is 0.314 e. The lowest BCUT2D eigenvalue weighted by Gasteiger charge is -2.19. The summed E-state index contributed by atoms with van der Waals surface area (Å²) in [4.78, 5) is 22.1. The van der Waals surface area contributed by atoms with Gasteiger partial charge < -0.3 is 20.5 Å². The SMILES string of the molecule is COC(CNC(=O)NCC1CC=CCC1)CC(=O)O. The molecule has 0 spiro atoms. The van der Waals surface area contributed by atoms with E-state index in [1.165, 1.54) is 7.11 Å². The van der Waals surface area contributed by atoms with Crippen molar-refractivity contribution < 1.29 is 19.4 Å². The van der Waals surface area contributed by atoms with Crippen LogP contribution in [0.2, 0.25) is 0 Å². The van der Waals surface area contributed by atoms with Gasteiger partial charge in [0.05, 0.1) is 12.5 Å². The van der Waals surface area contributed by atoms with Crippen molar-refractivity contribution in [1.82, 2.24) is 10.6 Å². The average Bonchev–Trinajstić information content (AvgIpc) is 2.42. The van der Waals surface area contributed by atoms with E-state index in [9.17, 15) is 9.59 Å². The predicted molar refractivity (Wildman–Crippen MR) is 70.9 cm³/mol. The van der Waals surface area contributed by atoms with Crippen molar-refractivity contribution >= 4 is 12.0 Å². The van der Waals surface area contributed by atoms with E-state index in [0.29, 0.717) is 12.5 Å². The maximum atomic E-state index is 11.5. The summed E-state index contributed by atoms with van der Waals surface area (Å²) in [6.45, 7) is 0.839. The van der Waals surface area contributed by atoms with Crippen LogP contribution in [0.25, 0.3) is 0 Å². The van der Waals surface area contributed by atoms with Crippen LogP contribution in [0, 0.1) is 5.92 Å². The van der Waals surface area contributed by atoms with Crippen LogP contribution in [0.3, 0.4) is 0 Å². The molecule has 2 unspecified atom stereocenters. The Balaban J connectivity index is 2.15. The fraction of sp³-hybridized carbons (Fsp3) is 0.692. The molecule has 0 aromatic rings. The second-order valence-electron chi connectivity index (χ2n) is 4.70. The lowest BCUT2D eigenvalue weighted by atomic mass is 9.94. The standard InChI is InChI=1S/C13H22N2O4/c1-19-11(7-12(16)17)9-15-13(18)14-8-10-5-3-2-4-6-10/h2-3,10-11H,4-9H2,1H3,(H,16,17)(H2,14,15,18). The molecule has 0 heterocycles. The summed E-state index contributed by atoms with van der Waals surface area (Å²) in [6, 6.07) is -0.276. The summed E-state index contributed by atoms with van der Waals surface area (Å²) in [5, 5.41) is 14.1. The van der Waals surface area contributed by atoms with Gasteiger partial charge in [-0.2, -0.15) is 0 Å². The second kappa shape index (κ2) is 8.53. The minimum atomic E-state index is -0.942. The van der Waals surface area contributed by atoms with Gasteiger partial charge in [-0.15, -0.1) is 0 Å². The zero-order chi connectivity index (χ0) is 14.1.